The van der Waals surface area contributed by atoms with Crippen molar-refractivity contribution in [1.29, 1.82) is 5.26 Å². The van der Waals surface area contributed by atoms with Crippen LogP contribution in [0.3, 0.4) is 0 Å². The van der Waals surface area contributed by atoms with E-state index in [1.165, 1.54) is 16.2 Å². The van der Waals surface area contributed by atoms with Gasteiger partial charge in [0.25, 0.3) is 5.91 Å². The third-order valence-corrected chi connectivity index (χ3v) is 7.22. The van der Waals surface area contributed by atoms with Crippen molar-refractivity contribution >= 4 is 62.8 Å². The molecule has 31 heavy (non-hydrogen) atoms. The first-order chi connectivity index (χ1) is 14.9. The number of anilines is 1. The Kier molecular flexibility index (Phi) is 6.35. The summed E-state index contributed by atoms with van der Waals surface area (Å²) in [6.45, 7) is 2.21. The Morgan fingerprint density at radius 1 is 1.29 bits per heavy atom. The van der Waals surface area contributed by atoms with Crippen molar-refractivity contribution in [2.45, 2.75) is 26.2 Å². The molecule has 158 valence electrons. The summed E-state index contributed by atoms with van der Waals surface area (Å²) in [5, 5.41) is 16.8. The topological polar surface area (TPSA) is 78.1 Å². The van der Waals surface area contributed by atoms with Gasteiger partial charge in [-0.1, -0.05) is 30.1 Å². The zero-order valence-corrected chi connectivity index (χ0v) is 19.6. The van der Waals surface area contributed by atoms with Crippen LogP contribution in [0.25, 0.3) is 11.3 Å². The molecule has 0 saturated heterocycles. The van der Waals surface area contributed by atoms with E-state index in [9.17, 15) is 10.1 Å². The standard InChI is InChI=1S/C22H17Cl2N3O2S2/c1-11-2-4-13-14(10-25)21(31-19(13)8-11)27-22(30)26-20(28)18-7-6-17(29-18)12-3-5-15(23)16(24)9-12/h3,5-7,9,11H,2,4,8H2,1H3,(H2,26,27,28,30). The van der Waals surface area contributed by atoms with E-state index in [-0.39, 0.29) is 10.9 Å². The number of nitrogens with zero attached hydrogens (tertiary/aromatic N) is 1. The summed E-state index contributed by atoms with van der Waals surface area (Å²) >= 11 is 18.8. The molecule has 1 amide bonds. The Morgan fingerprint density at radius 2 is 2.10 bits per heavy atom. The van der Waals surface area contributed by atoms with Gasteiger partial charge in [0.05, 0.1) is 15.6 Å². The van der Waals surface area contributed by atoms with Gasteiger partial charge in [0.2, 0.25) is 0 Å². The van der Waals surface area contributed by atoms with Crippen LogP contribution in [0, 0.1) is 17.2 Å². The quantitative estimate of drug-likeness (QED) is 0.413. The Labute approximate surface area is 199 Å². The van der Waals surface area contributed by atoms with E-state index >= 15 is 0 Å². The lowest BCUT2D eigenvalue weighted by molar-refractivity contribution is 0.0951. The van der Waals surface area contributed by atoms with Gasteiger partial charge in [0, 0.05) is 10.4 Å². The van der Waals surface area contributed by atoms with Gasteiger partial charge < -0.3 is 9.73 Å². The molecule has 9 heteroatoms. The van der Waals surface area contributed by atoms with Crippen molar-refractivity contribution in [1.82, 2.24) is 5.32 Å². The highest BCUT2D eigenvalue weighted by atomic mass is 35.5. The predicted molar refractivity (Wildman–Crippen MR) is 128 cm³/mol. The van der Waals surface area contributed by atoms with E-state index in [4.69, 9.17) is 39.8 Å². The number of benzene rings is 1. The van der Waals surface area contributed by atoms with Gasteiger partial charge >= 0.3 is 0 Å². The number of thiocarbonyl (C=S) groups is 1. The van der Waals surface area contributed by atoms with Crippen LogP contribution in [-0.4, -0.2) is 11.0 Å². The average molecular weight is 490 g/mol. The maximum Gasteiger partial charge on any atom is 0.293 e. The number of thiophene rings is 1. The molecule has 0 radical (unpaired) electrons. The number of carbonyl (C=O) groups is 1. The number of rotatable bonds is 3. The molecular weight excluding hydrogens is 473 g/mol. The Hall–Kier alpha value is -2.37. The van der Waals surface area contributed by atoms with Gasteiger partial charge in [-0.25, -0.2) is 0 Å². The third kappa shape index (κ3) is 4.63. The lowest BCUT2D eigenvalue weighted by Gasteiger charge is -2.17. The first-order valence-corrected chi connectivity index (χ1v) is 11.6. The Balaban J connectivity index is 1.45. The van der Waals surface area contributed by atoms with E-state index in [1.807, 2.05) is 0 Å². The summed E-state index contributed by atoms with van der Waals surface area (Å²) in [6, 6.07) is 10.6. The summed E-state index contributed by atoms with van der Waals surface area (Å²) < 4.78 is 5.65. The van der Waals surface area contributed by atoms with Crippen molar-refractivity contribution in [3.05, 3.63) is 62.1 Å². The summed E-state index contributed by atoms with van der Waals surface area (Å²) in [6.07, 6.45) is 2.92. The van der Waals surface area contributed by atoms with Crippen molar-refractivity contribution in [2.24, 2.45) is 5.92 Å². The van der Waals surface area contributed by atoms with E-state index in [0.717, 1.165) is 24.8 Å². The van der Waals surface area contributed by atoms with E-state index in [2.05, 4.69) is 23.6 Å². The molecule has 0 spiro atoms. The molecule has 1 aliphatic rings. The molecule has 0 fully saturated rings. The van der Waals surface area contributed by atoms with Crippen molar-refractivity contribution < 1.29 is 9.21 Å². The molecule has 1 aliphatic carbocycles. The monoisotopic (exact) mass is 489 g/mol. The minimum Gasteiger partial charge on any atom is -0.451 e. The summed E-state index contributed by atoms with van der Waals surface area (Å²) in [4.78, 5) is 13.8. The number of hydrogen-bond acceptors (Lipinski definition) is 5. The molecule has 5 nitrogen and oxygen atoms in total. The highest BCUT2D eigenvalue weighted by Gasteiger charge is 2.24. The van der Waals surface area contributed by atoms with Crippen LogP contribution in [-0.2, 0) is 12.8 Å². The number of nitriles is 1. The minimum absolute atomic E-state index is 0.102. The van der Waals surface area contributed by atoms with Crippen LogP contribution in [0.2, 0.25) is 10.0 Å². The third-order valence-electron chi connectivity index (χ3n) is 5.11. The summed E-state index contributed by atoms with van der Waals surface area (Å²) in [5.74, 6) is 0.692. The predicted octanol–water partition coefficient (Wildman–Crippen LogP) is 6.44. The SMILES string of the molecule is CC1CCc2c(sc(NC(=S)NC(=O)c3ccc(-c4ccc(Cl)c(Cl)c4)o3)c2C#N)C1. The molecule has 1 unspecified atom stereocenters. The zero-order valence-electron chi connectivity index (χ0n) is 16.4. The molecule has 0 aliphatic heterocycles. The van der Waals surface area contributed by atoms with Crippen LogP contribution in [0.1, 0.15) is 39.9 Å². The number of nitrogens with one attached hydrogen (secondary N) is 2. The highest BCUT2D eigenvalue weighted by Crippen LogP contribution is 2.39. The number of amides is 1. The largest absolute Gasteiger partial charge is 0.451 e. The molecular formula is C22H17Cl2N3O2S2. The van der Waals surface area contributed by atoms with Crippen LogP contribution in [0.4, 0.5) is 5.00 Å². The Bertz CT molecular complexity index is 1230. The molecule has 0 bridgehead atoms. The fourth-order valence-corrected chi connectivity index (χ4v) is 5.44. The average Bonchev–Trinajstić information content (AvgIpc) is 3.34. The lowest BCUT2D eigenvalue weighted by Crippen LogP contribution is -2.33. The van der Waals surface area contributed by atoms with Crippen LogP contribution in [0.15, 0.2) is 34.7 Å². The molecule has 4 rings (SSSR count). The zero-order chi connectivity index (χ0) is 22.1. The van der Waals surface area contributed by atoms with Gasteiger partial charge in [-0.15, -0.1) is 11.3 Å². The first kappa shape index (κ1) is 21.8. The number of furan rings is 1. The van der Waals surface area contributed by atoms with E-state index in [0.29, 0.717) is 37.9 Å². The minimum atomic E-state index is -0.489. The van der Waals surface area contributed by atoms with Gasteiger partial charge in [-0.3, -0.25) is 10.1 Å². The van der Waals surface area contributed by atoms with Crippen molar-refractivity contribution in [2.75, 3.05) is 5.32 Å². The number of carbonyl (C=O) groups excluding carboxylic acids is 1. The maximum absolute atomic E-state index is 12.6. The maximum atomic E-state index is 12.6. The van der Waals surface area contributed by atoms with Gasteiger partial charge in [-0.05, 0) is 73.3 Å². The molecule has 2 aromatic heterocycles. The molecule has 1 aromatic carbocycles. The van der Waals surface area contributed by atoms with Gasteiger partial charge in [0.1, 0.15) is 16.8 Å². The van der Waals surface area contributed by atoms with Gasteiger partial charge in [0.15, 0.2) is 10.9 Å². The molecule has 2 heterocycles. The van der Waals surface area contributed by atoms with Crippen LogP contribution >= 0.6 is 46.8 Å². The summed E-state index contributed by atoms with van der Waals surface area (Å²) in [7, 11) is 0. The molecule has 2 N–H and O–H groups in total. The smallest absolute Gasteiger partial charge is 0.293 e. The normalized spacial score (nSPS) is 15.1. The summed E-state index contributed by atoms with van der Waals surface area (Å²) in [5.41, 5.74) is 2.41. The molecule has 0 saturated carbocycles. The van der Waals surface area contributed by atoms with Gasteiger partial charge in [-0.2, -0.15) is 5.26 Å². The number of hydrogen-bond donors (Lipinski definition) is 2. The second-order valence-corrected chi connectivity index (χ2v) is 9.70. The lowest BCUT2D eigenvalue weighted by atomic mass is 9.89. The number of halogens is 2. The van der Waals surface area contributed by atoms with E-state index < -0.39 is 5.91 Å². The van der Waals surface area contributed by atoms with Crippen LogP contribution in [0.5, 0.6) is 0 Å². The van der Waals surface area contributed by atoms with Crippen molar-refractivity contribution in [3.63, 3.8) is 0 Å². The first-order valence-electron chi connectivity index (χ1n) is 9.58. The van der Waals surface area contributed by atoms with Crippen LogP contribution < -0.4 is 10.6 Å². The second kappa shape index (κ2) is 9.01. The molecule has 3 aromatic rings. The van der Waals surface area contributed by atoms with E-state index in [1.54, 1.807) is 30.3 Å². The second-order valence-electron chi connectivity index (χ2n) is 7.37. The fourth-order valence-electron chi connectivity index (χ4n) is 3.52. The fraction of sp³-hybridized carbons (Fsp3) is 0.227. The molecule has 1 atom stereocenters. The highest BCUT2D eigenvalue weighted by molar-refractivity contribution is 7.80. The Morgan fingerprint density at radius 3 is 2.84 bits per heavy atom. The number of fused-ring (bicyclic) bond motifs is 1. The van der Waals surface area contributed by atoms with Crippen molar-refractivity contribution in [3.8, 4) is 17.4 Å².